The van der Waals surface area contributed by atoms with E-state index in [9.17, 15) is 5.11 Å². The maximum Gasteiger partial charge on any atom is 0.0900 e. The Morgan fingerprint density at radius 2 is 2.25 bits per heavy atom. The number of rotatable bonds is 7. The summed E-state index contributed by atoms with van der Waals surface area (Å²) >= 11 is 1.66. The summed E-state index contributed by atoms with van der Waals surface area (Å²) in [5.74, 6) is 0. The van der Waals surface area contributed by atoms with Crippen LogP contribution >= 0.6 is 11.3 Å². The van der Waals surface area contributed by atoms with Crippen LogP contribution in [0, 0.1) is 6.92 Å². The fourth-order valence-electron chi connectivity index (χ4n) is 3.34. The summed E-state index contributed by atoms with van der Waals surface area (Å²) < 4.78 is 6.04. The van der Waals surface area contributed by atoms with Gasteiger partial charge in [-0.2, -0.15) is 0 Å². The molecule has 0 aliphatic heterocycles. The molecule has 0 amide bonds. The van der Waals surface area contributed by atoms with E-state index in [0.717, 1.165) is 36.5 Å². The van der Waals surface area contributed by atoms with E-state index in [0.29, 0.717) is 13.2 Å². The molecule has 1 aliphatic carbocycles. The van der Waals surface area contributed by atoms with Gasteiger partial charge in [0, 0.05) is 18.5 Å². The molecule has 24 heavy (non-hydrogen) atoms. The number of benzene rings is 1. The van der Waals surface area contributed by atoms with Crippen molar-refractivity contribution in [1.82, 2.24) is 9.88 Å². The smallest absolute Gasteiger partial charge is 0.0900 e. The molecule has 4 nitrogen and oxygen atoms in total. The van der Waals surface area contributed by atoms with E-state index in [2.05, 4.69) is 39.5 Å². The molecular formula is C19H26N2O2S. The summed E-state index contributed by atoms with van der Waals surface area (Å²) in [7, 11) is 2.01. The molecule has 5 heteroatoms. The largest absolute Gasteiger partial charge is 0.389 e. The summed E-state index contributed by atoms with van der Waals surface area (Å²) in [5.41, 5.74) is 3.75. The van der Waals surface area contributed by atoms with Crippen molar-refractivity contribution in [1.29, 1.82) is 0 Å². The first kappa shape index (κ1) is 17.5. The fourth-order valence-corrected chi connectivity index (χ4v) is 3.95. The summed E-state index contributed by atoms with van der Waals surface area (Å²) in [6.45, 7) is 3.73. The van der Waals surface area contributed by atoms with Gasteiger partial charge in [0.2, 0.25) is 0 Å². The number of ether oxygens (including phenoxy) is 1. The third-order valence-corrected chi connectivity index (χ3v) is 5.25. The Hall–Kier alpha value is -1.27. The molecule has 0 radical (unpaired) electrons. The van der Waals surface area contributed by atoms with Crippen molar-refractivity contribution in [3.8, 4) is 0 Å². The van der Waals surface area contributed by atoms with Crippen LogP contribution in [0.5, 0.6) is 0 Å². The van der Waals surface area contributed by atoms with Gasteiger partial charge < -0.3 is 9.84 Å². The van der Waals surface area contributed by atoms with Crippen molar-refractivity contribution < 1.29 is 9.84 Å². The van der Waals surface area contributed by atoms with Gasteiger partial charge in [0.25, 0.3) is 0 Å². The summed E-state index contributed by atoms with van der Waals surface area (Å²) in [6, 6.07) is 8.50. The molecule has 2 unspecified atom stereocenters. The fraction of sp³-hybridized carbons (Fsp3) is 0.526. The Morgan fingerprint density at radius 1 is 1.42 bits per heavy atom. The molecule has 2 atom stereocenters. The zero-order chi connectivity index (χ0) is 16.9. The van der Waals surface area contributed by atoms with Gasteiger partial charge >= 0.3 is 0 Å². The molecule has 0 spiro atoms. The Bertz CT molecular complexity index is 658. The van der Waals surface area contributed by atoms with Crippen LogP contribution in [-0.4, -0.2) is 41.3 Å². The van der Waals surface area contributed by atoms with Crippen LogP contribution in [0.2, 0.25) is 0 Å². The first-order valence-corrected chi connectivity index (χ1v) is 9.47. The second-order valence-electron chi connectivity index (χ2n) is 6.62. The average molecular weight is 346 g/mol. The maximum absolute atomic E-state index is 10.3. The molecular weight excluding hydrogens is 320 g/mol. The Kier molecular flexibility index (Phi) is 6.00. The molecule has 1 aromatic heterocycles. The van der Waals surface area contributed by atoms with E-state index in [4.69, 9.17) is 4.74 Å². The zero-order valence-electron chi connectivity index (χ0n) is 14.4. The van der Waals surface area contributed by atoms with Crippen LogP contribution in [0.25, 0.3) is 0 Å². The van der Waals surface area contributed by atoms with Gasteiger partial charge in [-0.3, -0.25) is 4.90 Å². The standard InChI is InChI=1S/C19H26N2O2S/c1-14-20-16(13-24-14)10-21(2)11-17(22)12-23-19-9-5-7-15-6-3-4-8-18(15)19/h3-4,6,8,13,17,19,22H,5,7,9-12H2,1-2H3. The van der Waals surface area contributed by atoms with Crippen molar-refractivity contribution in [3.05, 3.63) is 51.5 Å². The molecule has 2 aromatic rings. The summed E-state index contributed by atoms with van der Waals surface area (Å²) in [6.07, 6.45) is 2.97. The molecule has 1 aliphatic rings. The number of hydrogen-bond acceptors (Lipinski definition) is 5. The van der Waals surface area contributed by atoms with E-state index in [1.807, 2.05) is 14.0 Å². The molecule has 1 N–H and O–H groups in total. The van der Waals surface area contributed by atoms with Crippen molar-refractivity contribution in [2.45, 2.75) is 44.9 Å². The Balaban J connectivity index is 1.46. The lowest BCUT2D eigenvalue weighted by atomic mass is 9.89. The third-order valence-electron chi connectivity index (χ3n) is 4.43. The summed E-state index contributed by atoms with van der Waals surface area (Å²) in [4.78, 5) is 6.56. The van der Waals surface area contributed by atoms with E-state index < -0.39 is 6.10 Å². The Labute approximate surface area is 148 Å². The highest BCUT2D eigenvalue weighted by Gasteiger charge is 2.21. The minimum absolute atomic E-state index is 0.121. The number of aliphatic hydroxyl groups excluding tert-OH is 1. The number of nitrogens with zero attached hydrogens (tertiary/aromatic N) is 2. The minimum Gasteiger partial charge on any atom is -0.389 e. The zero-order valence-corrected chi connectivity index (χ0v) is 15.3. The van der Waals surface area contributed by atoms with Gasteiger partial charge in [0.05, 0.1) is 29.5 Å². The normalized spacial score (nSPS) is 18.6. The second-order valence-corrected chi connectivity index (χ2v) is 7.68. The molecule has 0 saturated carbocycles. The van der Waals surface area contributed by atoms with Crippen LogP contribution in [0.4, 0.5) is 0 Å². The van der Waals surface area contributed by atoms with Crippen molar-refractivity contribution in [3.63, 3.8) is 0 Å². The van der Waals surface area contributed by atoms with Gasteiger partial charge in [-0.1, -0.05) is 24.3 Å². The molecule has 0 saturated heterocycles. The lowest BCUT2D eigenvalue weighted by molar-refractivity contribution is -0.0266. The topological polar surface area (TPSA) is 45.6 Å². The lowest BCUT2D eigenvalue weighted by Gasteiger charge is -2.27. The SMILES string of the molecule is Cc1nc(CN(C)CC(O)COC2CCCc3ccccc32)cs1. The molecule has 0 bridgehead atoms. The van der Waals surface area contributed by atoms with E-state index in [-0.39, 0.29) is 6.10 Å². The molecule has 1 heterocycles. The lowest BCUT2D eigenvalue weighted by Crippen LogP contribution is -2.32. The van der Waals surface area contributed by atoms with E-state index >= 15 is 0 Å². The molecule has 0 fully saturated rings. The third kappa shape index (κ3) is 4.63. The van der Waals surface area contributed by atoms with Crippen molar-refractivity contribution in [2.24, 2.45) is 0 Å². The highest BCUT2D eigenvalue weighted by atomic mass is 32.1. The number of aryl methyl sites for hydroxylation is 2. The predicted octanol–water partition coefficient (Wildman–Crippen LogP) is 3.34. The quantitative estimate of drug-likeness (QED) is 0.835. The molecule has 3 rings (SSSR count). The van der Waals surface area contributed by atoms with Crippen LogP contribution < -0.4 is 0 Å². The number of aliphatic hydroxyl groups is 1. The number of fused-ring (bicyclic) bond motifs is 1. The first-order chi connectivity index (χ1) is 11.6. The maximum atomic E-state index is 10.3. The van der Waals surface area contributed by atoms with Gasteiger partial charge in [0.15, 0.2) is 0 Å². The van der Waals surface area contributed by atoms with E-state index in [1.54, 1.807) is 11.3 Å². The highest BCUT2D eigenvalue weighted by molar-refractivity contribution is 7.09. The average Bonchev–Trinajstić information content (AvgIpc) is 2.97. The highest BCUT2D eigenvalue weighted by Crippen LogP contribution is 2.32. The molecule has 1 aromatic carbocycles. The summed E-state index contributed by atoms with van der Waals surface area (Å²) in [5, 5.41) is 13.5. The van der Waals surface area contributed by atoms with Gasteiger partial charge in [-0.05, 0) is 44.4 Å². The van der Waals surface area contributed by atoms with Gasteiger partial charge in [0.1, 0.15) is 0 Å². The second kappa shape index (κ2) is 8.21. The number of likely N-dealkylation sites (N-methyl/N-ethyl adjacent to an activating group) is 1. The van der Waals surface area contributed by atoms with Crippen molar-refractivity contribution in [2.75, 3.05) is 20.2 Å². The monoisotopic (exact) mass is 346 g/mol. The van der Waals surface area contributed by atoms with E-state index in [1.165, 1.54) is 11.1 Å². The van der Waals surface area contributed by atoms with Crippen molar-refractivity contribution >= 4 is 11.3 Å². The van der Waals surface area contributed by atoms with Crippen LogP contribution in [0.1, 0.15) is 40.8 Å². The predicted molar refractivity (Wildman–Crippen MR) is 97.3 cm³/mol. The van der Waals surface area contributed by atoms with Gasteiger partial charge in [-0.15, -0.1) is 11.3 Å². The number of hydrogen-bond donors (Lipinski definition) is 1. The molecule has 130 valence electrons. The number of thiazole rings is 1. The first-order valence-electron chi connectivity index (χ1n) is 8.59. The number of aromatic nitrogens is 1. The Morgan fingerprint density at radius 3 is 3.04 bits per heavy atom. The van der Waals surface area contributed by atoms with Crippen LogP contribution in [-0.2, 0) is 17.7 Å². The minimum atomic E-state index is -0.483. The van der Waals surface area contributed by atoms with Crippen LogP contribution in [0.3, 0.4) is 0 Å². The van der Waals surface area contributed by atoms with Crippen LogP contribution in [0.15, 0.2) is 29.6 Å². The van der Waals surface area contributed by atoms with Gasteiger partial charge in [-0.25, -0.2) is 4.98 Å².